The monoisotopic (exact) mass is 165 g/mol. The standard InChI is InChI=1S/C10H18BO/c1-7(2)10(8(3)4)5-9(12)11-6-10/h7-8H,5-6H2,1-4H3. The highest BCUT2D eigenvalue weighted by atomic mass is 16.1. The molecule has 1 fully saturated rings. The summed E-state index contributed by atoms with van der Waals surface area (Å²) in [6, 6.07) is 0. The van der Waals surface area contributed by atoms with Crippen molar-refractivity contribution in [1.29, 1.82) is 0 Å². The minimum absolute atomic E-state index is 0.261. The van der Waals surface area contributed by atoms with E-state index in [2.05, 4.69) is 27.7 Å². The number of carbonyl (C=O) groups excluding carboxylic acids is 1. The number of hydrogen-bond donors (Lipinski definition) is 0. The molecule has 0 spiro atoms. The first-order valence-electron chi connectivity index (χ1n) is 4.85. The van der Waals surface area contributed by atoms with Gasteiger partial charge in [0.15, 0.2) is 0 Å². The molecule has 0 saturated carbocycles. The zero-order valence-corrected chi connectivity index (χ0v) is 8.55. The van der Waals surface area contributed by atoms with E-state index in [-0.39, 0.29) is 5.41 Å². The van der Waals surface area contributed by atoms with Gasteiger partial charge in [0.25, 0.3) is 0 Å². The zero-order chi connectivity index (χ0) is 9.35. The van der Waals surface area contributed by atoms with Crippen LogP contribution in [0.1, 0.15) is 34.1 Å². The summed E-state index contributed by atoms with van der Waals surface area (Å²) in [4.78, 5) is 11.2. The molecule has 1 rings (SSSR count). The SMILES string of the molecule is CC(C)C1(C(C)C)C[B]C(=O)C1. The van der Waals surface area contributed by atoms with Crippen LogP contribution in [-0.4, -0.2) is 13.0 Å². The Morgan fingerprint density at radius 3 is 1.92 bits per heavy atom. The minimum Gasteiger partial charge on any atom is -0.312 e. The average Bonchev–Trinajstić information content (AvgIpc) is 2.32. The molecule has 0 aliphatic carbocycles. The third-order valence-electron chi connectivity index (χ3n) is 3.51. The smallest absolute Gasteiger partial charge is 0.202 e. The molecule has 1 heterocycles. The van der Waals surface area contributed by atoms with E-state index in [0.29, 0.717) is 17.5 Å². The summed E-state index contributed by atoms with van der Waals surface area (Å²) < 4.78 is 0. The minimum atomic E-state index is 0.261. The van der Waals surface area contributed by atoms with Crippen LogP contribution in [0.15, 0.2) is 0 Å². The van der Waals surface area contributed by atoms with Crippen molar-refractivity contribution in [3.05, 3.63) is 0 Å². The highest BCUT2D eigenvalue weighted by Gasteiger charge is 2.43. The van der Waals surface area contributed by atoms with Gasteiger partial charge in [-0.25, -0.2) is 0 Å². The van der Waals surface area contributed by atoms with Crippen molar-refractivity contribution in [2.75, 3.05) is 0 Å². The van der Waals surface area contributed by atoms with Crippen molar-refractivity contribution in [3.8, 4) is 0 Å². The lowest BCUT2D eigenvalue weighted by Crippen LogP contribution is -2.30. The molecule has 67 valence electrons. The van der Waals surface area contributed by atoms with Crippen LogP contribution in [0.3, 0.4) is 0 Å². The van der Waals surface area contributed by atoms with Crippen molar-refractivity contribution in [3.63, 3.8) is 0 Å². The van der Waals surface area contributed by atoms with Crippen LogP contribution < -0.4 is 0 Å². The molecule has 0 aromatic carbocycles. The summed E-state index contributed by atoms with van der Waals surface area (Å²) >= 11 is 0. The van der Waals surface area contributed by atoms with Crippen LogP contribution in [0.5, 0.6) is 0 Å². The molecular weight excluding hydrogens is 147 g/mol. The zero-order valence-electron chi connectivity index (χ0n) is 8.55. The Hall–Kier alpha value is -0.265. The summed E-state index contributed by atoms with van der Waals surface area (Å²) in [5.41, 5.74) is 0.606. The number of carbonyl (C=O) groups is 1. The van der Waals surface area contributed by atoms with E-state index in [0.717, 1.165) is 12.7 Å². The molecule has 0 bridgehead atoms. The summed E-state index contributed by atoms with van der Waals surface area (Å²) in [5.74, 6) is 1.22. The van der Waals surface area contributed by atoms with Gasteiger partial charge < -0.3 is 4.79 Å². The van der Waals surface area contributed by atoms with E-state index in [1.807, 2.05) is 7.28 Å². The Morgan fingerprint density at radius 2 is 1.75 bits per heavy atom. The molecule has 1 aliphatic heterocycles. The van der Waals surface area contributed by atoms with Gasteiger partial charge >= 0.3 is 0 Å². The van der Waals surface area contributed by atoms with Gasteiger partial charge in [0.2, 0.25) is 7.28 Å². The molecule has 1 aliphatic rings. The third kappa shape index (κ3) is 1.44. The quantitative estimate of drug-likeness (QED) is 0.574. The molecular formula is C10H18BO. The van der Waals surface area contributed by atoms with Gasteiger partial charge in [0.05, 0.1) is 5.68 Å². The van der Waals surface area contributed by atoms with Crippen LogP contribution in [0, 0.1) is 17.3 Å². The molecule has 0 amide bonds. The molecule has 0 unspecified atom stereocenters. The fourth-order valence-corrected chi connectivity index (χ4v) is 2.32. The summed E-state index contributed by atoms with van der Waals surface area (Å²) in [7, 11) is 1.88. The van der Waals surface area contributed by atoms with Gasteiger partial charge in [-0.2, -0.15) is 0 Å². The first-order chi connectivity index (χ1) is 5.49. The third-order valence-corrected chi connectivity index (χ3v) is 3.51. The largest absolute Gasteiger partial charge is 0.312 e. The maximum atomic E-state index is 11.2. The molecule has 2 heteroatoms. The fourth-order valence-electron chi connectivity index (χ4n) is 2.32. The molecule has 0 aromatic heterocycles. The van der Waals surface area contributed by atoms with E-state index >= 15 is 0 Å². The molecule has 1 saturated heterocycles. The molecule has 0 aromatic rings. The Labute approximate surface area is 76.2 Å². The van der Waals surface area contributed by atoms with E-state index in [9.17, 15) is 4.79 Å². The Kier molecular flexibility index (Phi) is 2.65. The first-order valence-corrected chi connectivity index (χ1v) is 4.85. The van der Waals surface area contributed by atoms with Crippen molar-refractivity contribution in [2.45, 2.75) is 40.4 Å². The maximum absolute atomic E-state index is 11.2. The van der Waals surface area contributed by atoms with E-state index in [1.165, 1.54) is 0 Å². The van der Waals surface area contributed by atoms with Gasteiger partial charge in [-0.05, 0) is 17.3 Å². The van der Waals surface area contributed by atoms with Crippen molar-refractivity contribution >= 4 is 13.0 Å². The summed E-state index contributed by atoms with van der Waals surface area (Å²) in [6.07, 6.45) is 1.75. The lowest BCUT2D eigenvalue weighted by Gasteiger charge is -2.37. The molecule has 0 atom stereocenters. The van der Waals surface area contributed by atoms with Crippen LogP contribution in [0.2, 0.25) is 6.32 Å². The predicted molar refractivity (Wildman–Crippen MR) is 52.3 cm³/mol. The predicted octanol–water partition coefficient (Wildman–Crippen LogP) is 2.34. The van der Waals surface area contributed by atoms with Crippen molar-refractivity contribution in [2.24, 2.45) is 17.3 Å². The van der Waals surface area contributed by atoms with Gasteiger partial charge in [0.1, 0.15) is 0 Å². The number of hydrogen-bond acceptors (Lipinski definition) is 1. The van der Waals surface area contributed by atoms with E-state index < -0.39 is 0 Å². The second-order valence-corrected chi connectivity index (χ2v) is 4.59. The lowest BCUT2D eigenvalue weighted by molar-refractivity contribution is -0.113. The fraction of sp³-hybridized carbons (Fsp3) is 0.900. The van der Waals surface area contributed by atoms with E-state index in [4.69, 9.17) is 0 Å². The molecule has 1 nitrogen and oxygen atoms in total. The molecule has 0 N–H and O–H groups in total. The second-order valence-electron chi connectivity index (χ2n) is 4.59. The van der Waals surface area contributed by atoms with Gasteiger partial charge in [-0.1, -0.05) is 34.0 Å². The van der Waals surface area contributed by atoms with Gasteiger partial charge in [0, 0.05) is 6.42 Å². The summed E-state index contributed by atoms with van der Waals surface area (Å²) in [5, 5.41) is 0. The van der Waals surface area contributed by atoms with Crippen LogP contribution >= 0.6 is 0 Å². The Balaban J connectivity index is 2.81. The van der Waals surface area contributed by atoms with Gasteiger partial charge in [-0.3, -0.25) is 0 Å². The highest BCUT2D eigenvalue weighted by Crippen LogP contribution is 2.46. The van der Waals surface area contributed by atoms with Crippen molar-refractivity contribution < 1.29 is 4.79 Å². The van der Waals surface area contributed by atoms with Gasteiger partial charge in [-0.15, -0.1) is 0 Å². The lowest BCUT2D eigenvalue weighted by atomic mass is 9.63. The molecule has 1 radical (unpaired) electrons. The average molecular weight is 165 g/mol. The van der Waals surface area contributed by atoms with Crippen LogP contribution in [-0.2, 0) is 4.79 Å². The molecule has 12 heavy (non-hydrogen) atoms. The summed E-state index contributed by atoms with van der Waals surface area (Å²) in [6.45, 7) is 8.91. The topological polar surface area (TPSA) is 17.1 Å². The first kappa shape index (κ1) is 9.82. The highest BCUT2D eigenvalue weighted by molar-refractivity contribution is 6.75. The maximum Gasteiger partial charge on any atom is 0.202 e. The Morgan fingerprint density at radius 1 is 1.25 bits per heavy atom. The van der Waals surface area contributed by atoms with Crippen molar-refractivity contribution in [1.82, 2.24) is 0 Å². The number of rotatable bonds is 2. The Bertz CT molecular complexity index is 176. The second kappa shape index (κ2) is 3.23. The normalized spacial score (nSPS) is 22.0. The van der Waals surface area contributed by atoms with Crippen LogP contribution in [0.25, 0.3) is 0 Å². The van der Waals surface area contributed by atoms with E-state index in [1.54, 1.807) is 0 Å². The van der Waals surface area contributed by atoms with Crippen LogP contribution in [0.4, 0.5) is 0 Å².